The Kier molecular flexibility index (Phi) is 10.4. The van der Waals surface area contributed by atoms with Crippen molar-refractivity contribution in [2.24, 2.45) is 5.73 Å². The summed E-state index contributed by atoms with van der Waals surface area (Å²) in [5.74, 6) is -2.36. The number of ether oxygens (including phenoxy) is 2. The first-order valence-electron chi connectivity index (χ1n) is 10.2. The van der Waals surface area contributed by atoms with Crippen molar-refractivity contribution in [1.82, 2.24) is 10.6 Å². The van der Waals surface area contributed by atoms with Crippen LogP contribution in [0.2, 0.25) is 0 Å². The van der Waals surface area contributed by atoms with Gasteiger partial charge in [-0.15, -0.1) is 0 Å². The molecule has 3 amide bonds. The number of benzene rings is 2. The first kappa shape index (κ1) is 25.3. The van der Waals surface area contributed by atoms with Crippen LogP contribution in [0, 0.1) is 0 Å². The van der Waals surface area contributed by atoms with E-state index >= 15 is 0 Å². The highest BCUT2D eigenvalue weighted by Gasteiger charge is 2.24. The Morgan fingerprint density at radius 2 is 1.39 bits per heavy atom. The van der Waals surface area contributed by atoms with Gasteiger partial charge >= 0.3 is 12.1 Å². The van der Waals surface area contributed by atoms with Crippen molar-refractivity contribution in [3.63, 3.8) is 0 Å². The fourth-order valence-electron chi connectivity index (χ4n) is 2.70. The zero-order valence-electron chi connectivity index (χ0n) is 17.9. The molecule has 0 saturated carbocycles. The van der Waals surface area contributed by atoms with Crippen molar-refractivity contribution in [3.8, 4) is 0 Å². The maximum Gasteiger partial charge on any atom is 0.407 e. The highest BCUT2D eigenvalue weighted by atomic mass is 16.5. The quantitative estimate of drug-likeness (QED) is 0.343. The molecule has 2 aromatic carbocycles. The summed E-state index contributed by atoms with van der Waals surface area (Å²) >= 11 is 0. The standard InChI is InChI=1S/C23H27N3O7/c24-22(30)19(12-21(29)32-14-16-7-3-1-4-8-16)26-20(28)11-18(27)13-25-23(31)33-15-17-9-5-2-6-10-17/h1-10,18-19,27H,11-15H2,(H2,24,30)(H,25,31)(H,26,28)/t18-,19+/m1/s1. The van der Waals surface area contributed by atoms with Crippen LogP contribution in [-0.2, 0) is 37.1 Å². The number of esters is 1. The monoisotopic (exact) mass is 457 g/mol. The average molecular weight is 457 g/mol. The molecular weight excluding hydrogens is 430 g/mol. The minimum Gasteiger partial charge on any atom is -0.461 e. The minimum absolute atomic E-state index is 0.0177. The summed E-state index contributed by atoms with van der Waals surface area (Å²) in [7, 11) is 0. The highest BCUT2D eigenvalue weighted by Crippen LogP contribution is 2.04. The van der Waals surface area contributed by atoms with Gasteiger partial charge < -0.3 is 30.9 Å². The Hall–Kier alpha value is -3.92. The Labute approximate surface area is 191 Å². The van der Waals surface area contributed by atoms with Crippen LogP contribution >= 0.6 is 0 Å². The summed E-state index contributed by atoms with van der Waals surface area (Å²) in [5.41, 5.74) is 6.82. The van der Waals surface area contributed by atoms with Crippen molar-refractivity contribution >= 4 is 23.9 Å². The molecule has 0 spiro atoms. The maximum atomic E-state index is 12.1. The molecule has 176 valence electrons. The van der Waals surface area contributed by atoms with Crippen LogP contribution in [0.15, 0.2) is 60.7 Å². The smallest absolute Gasteiger partial charge is 0.407 e. The highest BCUT2D eigenvalue weighted by molar-refractivity contribution is 5.90. The molecule has 2 atom stereocenters. The number of hydrogen-bond acceptors (Lipinski definition) is 7. The largest absolute Gasteiger partial charge is 0.461 e. The van der Waals surface area contributed by atoms with Crippen LogP contribution in [0.5, 0.6) is 0 Å². The number of hydrogen-bond donors (Lipinski definition) is 4. The number of nitrogens with one attached hydrogen (secondary N) is 2. The van der Waals surface area contributed by atoms with Crippen LogP contribution < -0.4 is 16.4 Å². The summed E-state index contributed by atoms with van der Waals surface area (Å²) in [4.78, 5) is 47.4. The van der Waals surface area contributed by atoms with E-state index in [4.69, 9.17) is 15.2 Å². The van der Waals surface area contributed by atoms with E-state index in [0.717, 1.165) is 11.1 Å². The fourth-order valence-corrected chi connectivity index (χ4v) is 2.70. The molecule has 0 fully saturated rings. The molecule has 33 heavy (non-hydrogen) atoms. The van der Waals surface area contributed by atoms with Gasteiger partial charge in [0.15, 0.2) is 0 Å². The molecule has 0 radical (unpaired) electrons. The van der Waals surface area contributed by atoms with E-state index in [1.165, 1.54) is 0 Å². The average Bonchev–Trinajstić information content (AvgIpc) is 2.81. The lowest BCUT2D eigenvalue weighted by molar-refractivity contribution is -0.147. The molecule has 0 aliphatic heterocycles. The van der Waals surface area contributed by atoms with E-state index in [1.54, 1.807) is 48.5 Å². The number of carbonyl (C=O) groups is 4. The predicted molar refractivity (Wildman–Crippen MR) is 117 cm³/mol. The van der Waals surface area contributed by atoms with Gasteiger partial charge in [0.2, 0.25) is 11.8 Å². The summed E-state index contributed by atoms with van der Waals surface area (Å²) in [5, 5.41) is 14.6. The Balaban J connectivity index is 1.69. The SMILES string of the molecule is NC(=O)[C@H](CC(=O)OCc1ccccc1)NC(=O)C[C@@H](O)CNC(=O)OCc1ccccc1. The van der Waals surface area contributed by atoms with Crippen LogP contribution in [0.25, 0.3) is 0 Å². The fraction of sp³-hybridized carbons (Fsp3) is 0.304. The molecule has 0 bridgehead atoms. The summed E-state index contributed by atoms with van der Waals surface area (Å²) < 4.78 is 10.1. The Bertz CT molecular complexity index is 922. The maximum absolute atomic E-state index is 12.1. The van der Waals surface area contributed by atoms with E-state index < -0.39 is 48.9 Å². The lowest BCUT2D eigenvalue weighted by Gasteiger charge is -2.17. The minimum atomic E-state index is -1.29. The van der Waals surface area contributed by atoms with Gasteiger partial charge in [0.05, 0.1) is 18.9 Å². The molecular formula is C23H27N3O7. The Morgan fingerprint density at radius 3 is 1.94 bits per heavy atom. The van der Waals surface area contributed by atoms with Crippen LogP contribution in [-0.4, -0.2) is 47.7 Å². The van der Waals surface area contributed by atoms with Gasteiger partial charge in [-0.25, -0.2) is 4.79 Å². The van der Waals surface area contributed by atoms with Crippen molar-refractivity contribution in [2.45, 2.75) is 38.2 Å². The number of nitrogens with two attached hydrogens (primary N) is 1. The summed E-state index contributed by atoms with van der Waals surface area (Å²) in [6.45, 7) is -0.171. The van der Waals surface area contributed by atoms with E-state index in [9.17, 15) is 24.3 Å². The van der Waals surface area contributed by atoms with Crippen LogP contribution in [0.4, 0.5) is 4.79 Å². The molecule has 10 heteroatoms. The number of carbonyl (C=O) groups excluding carboxylic acids is 4. The molecule has 0 aliphatic carbocycles. The van der Waals surface area contributed by atoms with E-state index in [0.29, 0.717) is 0 Å². The number of primary amides is 1. The van der Waals surface area contributed by atoms with Gasteiger partial charge in [-0.3, -0.25) is 14.4 Å². The summed E-state index contributed by atoms with van der Waals surface area (Å²) in [6, 6.07) is 16.7. The van der Waals surface area contributed by atoms with E-state index in [2.05, 4.69) is 10.6 Å². The molecule has 0 saturated heterocycles. The molecule has 5 N–H and O–H groups in total. The molecule has 0 unspecified atom stereocenters. The van der Waals surface area contributed by atoms with Gasteiger partial charge in [-0.2, -0.15) is 0 Å². The lowest BCUT2D eigenvalue weighted by Crippen LogP contribution is -2.47. The van der Waals surface area contributed by atoms with E-state index in [1.807, 2.05) is 12.1 Å². The molecule has 10 nitrogen and oxygen atoms in total. The third kappa shape index (κ3) is 10.3. The number of aliphatic hydroxyl groups is 1. The van der Waals surface area contributed by atoms with Crippen molar-refractivity contribution in [2.75, 3.05) is 6.54 Å². The van der Waals surface area contributed by atoms with Crippen molar-refractivity contribution < 1.29 is 33.8 Å². The molecule has 0 heterocycles. The third-order valence-electron chi connectivity index (χ3n) is 4.41. The molecule has 0 aliphatic rings. The molecule has 2 aromatic rings. The van der Waals surface area contributed by atoms with Gasteiger partial charge in [-0.05, 0) is 11.1 Å². The predicted octanol–water partition coefficient (Wildman–Crippen LogP) is 0.767. The second-order valence-corrected chi connectivity index (χ2v) is 7.17. The summed E-state index contributed by atoms with van der Waals surface area (Å²) in [6.07, 6.45) is -2.88. The van der Waals surface area contributed by atoms with Gasteiger partial charge in [0, 0.05) is 6.54 Å². The van der Waals surface area contributed by atoms with Crippen molar-refractivity contribution in [3.05, 3.63) is 71.8 Å². The Morgan fingerprint density at radius 1 is 0.848 bits per heavy atom. The number of alkyl carbamates (subject to hydrolysis) is 1. The third-order valence-corrected chi connectivity index (χ3v) is 4.41. The lowest BCUT2D eigenvalue weighted by atomic mass is 10.1. The van der Waals surface area contributed by atoms with Crippen LogP contribution in [0.3, 0.4) is 0 Å². The van der Waals surface area contributed by atoms with Crippen LogP contribution in [0.1, 0.15) is 24.0 Å². The zero-order chi connectivity index (χ0) is 24.1. The van der Waals surface area contributed by atoms with Gasteiger partial charge in [0.25, 0.3) is 0 Å². The first-order chi connectivity index (χ1) is 15.8. The second kappa shape index (κ2) is 13.5. The molecule has 0 aromatic heterocycles. The van der Waals surface area contributed by atoms with E-state index in [-0.39, 0.29) is 19.8 Å². The van der Waals surface area contributed by atoms with Crippen molar-refractivity contribution in [1.29, 1.82) is 0 Å². The number of rotatable bonds is 12. The number of amides is 3. The number of aliphatic hydroxyl groups excluding tert-OH is 1. The van der Waals surface area contributed by atoms with Gasteiger partial charge in [-0.1, -0.05) is 60.7 Å². The first-order valence-corrected chi connectivity index (χ1v) is 10.2. The topological polar surface area (TPSA) is 157 Å². The zero-order valence-corrected chi connectivity index (χ0v) is 17.9. The van der Waals surface area contributed by atoms with Gasteiger partial charge in [0.1, 0.15) is 19.3 Å². The second-order valence-electron chi connectivity index (χ2n) is 7.17. The molecule has 2 rings (SSSR count). The normalized spacial score (nSPS) is 12.2.